The van der Waals surface area contributed by atoms with E-state index >= 15 is 0 Å². The molecule has 0 amide bonds. The molecule has 1 saturated heterocycles. The van der Waals surface area contributed by atoms with Crippen LogP contribution in [-0.4, -0.2) is 29.1 Å². The Morgan fingerprint density at radius 3 is 2.52 bits per heavy atom. The maximum Gasteiger partial charge on any atom is 0.416 e. The molecule has 1 unspecified atom stereocenters. The number of alkyl halides is 3. The fourth-order valence-electron chi connectivity index (χ4n) is 2.42. The van der Waals surface area contributed by atoms with E-state index in [1.807, 2.05) is 0 Å². The predicted octanol–water partition coefficient (Wildman–Crippen LogP) is 3.00. The molecule has 0 aliphatic carbocycles. The molecule has 1 fully saturated rings. The number of aliphatic carboxylic acids is 1. The number of hydrogen-bond acceptors (Lipinski definition) is 2. The molecule has 116 valence electrons. The van der Waals surface area contributed by atoms with Crippen LogP contribution in [0.1, 0.15) is 18.1 Å². The van der Waals surface area contributed by atoms with Crippen LogP contribution in [0.4, 0.5) is 17.6 Å². The van der Waals surface area contributed by atoms with Gasteiger partial charge < -0.3 is 5.11 Å². The summed E-state index contributed by atoms with van der Waals surface area (Å²) in [5, 5.41) is 8.86. The maximum atomic E-state index is 13.2. The van der Waals surface area contributed by atoms with Crippen LogP contribution in [0.25, 0.3) is 0 Å². The molecule has 1 aliphatic heterocycles. The number of likely N-dealkylation sites (tertiary alicyclic amines) is 1. The average molecular weight is 305 g/mol. The van der Waals surface area contributed by atoms with Crippen molar-refractivity contribution >= 4 is 5.97 Å². The second-order valence-electron chi connectivity index (χ2n) is 5.43. The van der Waals surface area contributed by atoms with Gasteiger partial charge in [-0.25, -0.2) is 4.39 Å². The van der Waals surface area contributed by atoms with Crippen LogP contribution in [-0.2, 0) is 17.5 Å². The molecule has 0 radical (unpaired) electrons. The largest absolute Gasteiger partial charge is 0.481 e. The van der Waals surface area contributed by atoms with Gasteiger partial charge in [-0.2, -0.15) is 13.2 Å². The van der Waals surface area contributed by atoms with Crippen molar-refractivity contribution in [2.45, 2.75) is 19.6 Å². The number of halogens is 4. The number of hydrogen-bond donors (Lipinski definition) is 1. The lowest BCUT2D eigenvalue weighted by Gasteiger charge is -2.41. The second kappa shape index (κ2) is 5.63. The Bertz CT molecular complexity index is 538. The molecule has 0 aromatic heterocycles. The molecule has 1 aliphatic rings. The summed E-state index contributed by atoms with van der Waals surface area (Å²) < 4.78 is 51.0. The topological polar surface area (TPSA) is 40.5 Å². The van der Waals surface area contributed by atoms with Crippen LogP contribution in [0.5, 0.6) is 0 Å². The van der Waals surface area contributed by atoms with Crippen LogP contribution in [0.15, 0.2) is 18.2 Å². The van der Waals surface area contributed by atoms with Crippen LogP contribution in [0, 0.1) is 17.7 Å². The standard InChI is InChI=1S/C14H15F4NO2/c1-8(13(20)21)10-6-19(7-10)5-9-2-11(14(16,17)18)4-12(15)3-9/h2-4,8,10H,5-7H2,1H3,(H,20,21). The molecule has 0 saturated carbocycles. The molecule has 1 N–H and O–H groups in total. The van der Waals surface area contributed by atoms with Gasteiger partial charge in [-0.15, -0.1) is 0 Å². The first kappa shape index (κ1) is 15.8. The van der Waals surface area contributed by atoms with Gasteiger partial charge in [0.25, 0.3) is 0 Å². The van der Waals surface area contributed by atoms with Crippen LogP contribution in [0.2, 0.25) is 0 Å². The van der Waals surface area contributed by atoms with Crippen molar-refractivity contribution in [1.82, 2.24) is 4.90 Å². The van der Waals surface area contributed by atoms with E-state index in [0.717, 1.165) is 12.1 Å². The zero-order chi connectivity index (χ0) is 15.8. The number of carboxylic acids is 1. The highest BCUT2D eigenvalue weighted by atomic mass is 19.4. The van der Waals surface area contributed by atoms with Crippen molar-refractivity contribution in [3.05, 3.63) is 35.1 Å². The summed E-state index contributed by atoms with van der Waals surface area (Å²) >= 11 is 0. The Kier molecular flexibility index (Phi) is 4.22. The van der Waals surface area contributed by atoms with E-state index in [-0.39, 0.29) is 18.0 Å². The fraction of sp³-hybridized carbons (Fsp3) is 0.500. The first-order chi connectivity index (χ1) is 9.66. The first-order valence-electron chi connectivity index (χ1n) is 6.48. The zero-order valence-electron chi connectivity index (χ0n) is 11.3. The van der Waals surface area contributed by atoms with Crippen molar-refractivity contribution in [3.63, 3.8) is 0 Å². The highest BCUT2D eigenvalue weighted by molar-refractivity contribution is 5.70. The van der Waals surface area contributed by atoms with Crippen molar-refractivity contribution in [3.8, 4) is 0 Å². The van der Waals surface area contributed by atoms with E-state index in [2.05, 4.69) is 0 Å². The molecule has 0 spiro atoms. The molecule has 7 heteroatoms. The summed E-state index contributed by atoms with van der Waals surface area (Å²) in [5.41, 5.74) is -0.766. The number of carboxylic acid groups (broad SMARTS) is 1. The molecular weight excluding hydrogens is 290 g/mol. The van der Waals surface area contributed by atoms with Gasteiger partial charge >= 0.3 is 12.1 Å². The Morgan fingerprint density at radius 1 is 1.38 bits per heavy atom. The van der Waals surface area contributed by atoms with E-state index in [9.17, 15) is 22.4 Å². The highest BCUT2D eigenvalue weighted by Gasteiger charge is 2.35. The smallest absolute Gasteiger partial charge is 0.416 e. The normalized spacial score (nSPS) is 18.3. The Hall–Kier alpha value is -1.63. The van der Waals surface area contributed by atoms with E-state index in [4.69, 9.17) is 5.11 Å². The molecule has 1 atom stereocenters. The van der Waals surface area contributed by atoms with Gasteiger partial charge in [-0.1, -0.05) is 6.92 Å². The summed E-state index contributed by atoms with van der Waals surface area (Å²) in [5.74, 6) is -2.31. The highest BCUT2D eigenvalue weighted by Crippen LogP contribution is 2.31. The predicted molar refractivity (Wildman–Crippen MR) is 67.0 cm³/mol. The van der Waals surface area contributed by atoms with E-state index in [0.29, 0.717) is 19.2 Å². The molecule has 1 aromatic rings. The third-order valence-electron chi connectivity index (χ3n) is 3.77. The number of carbonyl (C=O) groups is 1. The van der Waals surface area contributed by atoms with Gasteiger partial charge in [0.15, 0.2) is 0 Å². The lowest BCUT2D eigenvalue weighted by Crippen LogP contribution is -2.50. The van der Waals surface area contributed by atoms with Crippen molar-refractivity contribution in [2.24, 2.45) is 11.8 Å². The van der Waals surface area contributed by atoms with Gasteiger partial charge in [-0.3, -0.25) is 9.69 Å². The molecule has 3 nitrogen and oxygen atoms in total. The zero-order valence-corrected chi connectivity index (χ0v) is 11.3. The lowest BCUT2D eigenvalue weighted by atomic mass is 9.87. The Balaban J connectivity index is 1.99. The summed E-state index contributed by atoms with van der Waals surface area (Å²) in [6.07, 6.45) is -4.58. The van der Waals surface area contributed by atoms with Gasteiger partial charge in [-0.05, 0) is 29.7 Å². The summed E-state index contributed by atoms with van der Waals surface area (Å²) in [6, 6.07) is 2.47. The molecule has 1 aromatic carbocycles. The monoisotopic (exact) mass is 305 g/mol. The third-order valence-corrected chi connectivity index (χ3v) is 3.77. The molecule has 1 heterocycles. The molecule has 21 heavy (non-hydrogen) atoms. The minimum absolute atomic E-state index is 0.0156. The minimum Gasteiger partial charge on any atom is -0.481 e. The van der Waals surface area contributed by atoms with Crippen molar-refractivity contribution in [1.29, 1.82) is 0 Å². The maximum absolute atomic E-state index is 13.2. The SMILES string of the molecule is CC(C(=O)O)C1CN(Cc2cc(F)cc(C(F)(F)F)c2)C1. The van der Waals surface area contributed by atoms with Gasteiger partial charge in [0, 0.05) is 19.6 Å². The first-order valence-corrected chi connectivity index (χ1v) is 6.48. The number of benzene rings is 1. The lowest BCUT2D eigenvalue weighted by molar-refractivity contribution is -0.145. The fourth-order valence-corrected chi connectivity index (χ4v) is 2.42. The summed E-state index contributed by atoms with van der Waals surface area (Å²) in [4.78, 5) is 12.6. The quantitative estimate of drug-likeness (QED) is 0.869. The number of rotatable bonds is 4. The van der Waals surface area contributed by atoms with Crippen molar-refractivity contribution < 1.29 is 27.5 Å². The molecular formula is C14H15F4NO2. The Labute approximate surface area is 119 Å². The summed E-state index contributed by atoms with van der Waals surface area (Å²) in [6.45, 7) is 2.77. The molecule has 0 bridgehead atoms. The number of nitrogens with zero attached hydrogens (tertiary/aromatic N) is 1. The van der Waals surface area contributed by atoms with E-state index < -0.39 is 29.4 Å². The van der Waals surface area contributed by atoms with Crippen LogP contribution in [0.3, 0.4) is 0 Å². The van der Waals surface area contributed by atoms with Gasteiger partial charge in [0.2, 0.25) is 0 Å². The van der Waals surface area contributed by atoms with E-state index in [1.165, 1.54) is 0 Å². The third kappa shape index (κ3) is 3.72. The van der Waals surface area contributed by atoms with E-state index in [1.54, 1.807) is 11.8 Å². The minimum atomic E-state index is -4.58. The van der Waals surface area contributed by atoms with Gasteiger partial charge in [0.1, 0.15) is 5.82 Å². The Morgan fingerprint density at radius 2 is 2.00 bits per heavy atom. The second-order valence-corrected chi connectivity index (χ2v) is 5.43. The van der Waals surface area contributed by atoms with Gasteiger partial charge in [0.05, 0.1) is 11.5 Å². The summed E-state index contributed by atoms with van der Waals surface area (Å²) in [7, 11) is 0. The van der Waals surface area contributed by atoms with Crippen LogP contribution >= 0.6 is 0 Å². The van der Waals surface area contributed by atoms with Crippen molar-refractivity contribution in [2.75, 3.05) is 13.1 Å². The van der Waals surface area contributed by atoms with Crippen LogP contribution < -0.4 is 0 Å². The molecule has 2 rings (SSSR count). The average Bonchev–Trinajstić information content (AvgIpc) is 2.30.